The quantitative estimate of drug-likeness (QED) is 0.737. The van der Waals surface area contributed by atoms with E-state index in [1.54, 1.807) is 6.26 Å². The molecular formula is C12H24N2O2S. The van der Waals surface area contributed by atoms with Crippen LogP contribution in [0.25, 0.3) is 0 Å². The van der Waals surface area contributed by atoms with Gasteiger partial charge >= 0.3 is 0 Å². The first-order valence-electron chi connectivity index (χ1n) is 6.38. The number of hydrogen-bond donors (Lipinski definition) is 2. The minimum absolute atomic E-state index is 0.0151. The third-order valence-electron chi connectivity index (χ3n) is 3.13. The van der Waals surface area contributed by atoms with Crippen molar-refractivity contribution < 1.29 is 9.00 Å². The van der Waals surface area contributed by atoms with Gasteiger partial charge in [-0.15, -0.1) is 0 Å². The smallest absolute Gasteiger partial charge is 0.220 e. The summed E-state index contributed by atoms with van der Waals surface area (Å²) in [6.45, 7) is 4.07. The standard InChI is InChI=1S/C12H24N2O2S/c1-10(9-17(2)16)14-12(15)4-3-11-5-7-13-8-6-11/h10-11,13H,3-9H2,1-2H3,(H,14,15). The van der Waals surface area contributed by atoms with Crippen LogP contribution in [0.3, 0.4) is 0 Å². The Bertz CT molecular complexity index is 265. The van der Waals surface area contributed by atoms with Crippen LogP contribution in [0.1, 0.15) is 32.6 Å². The second-order valence-corrected chi connectivity index (χ2v) is 6.42. The normalized spacial score (nSPS) is 20.8. The zero-order valence-corrected chi connectivity index (χ0v) is 11.6. The topological polar surface area (TPSA) is 58.2 Å². The molecule has 2 N–H and O–H groups in total. The third-order valence-corrected chi connectivity index (χ3v) is 4.10. The lowest BCUT2D eigenvalue weighted by Gasteiger charge is -2.22. The van der Waals surface area contributed by atoms with Crippen molar-refractivity contribution >= 4 is 16.7 Å². The predicted octanol–water partition coefficient (Wildman–Crippen LogP) is 0.649. The van der Waals surface area contributed by atoms with Crippen LogP contribution < -0.4 is 10.6 Å². The van der Waals surface area contributed by atoms with E-state index in [2.05, 4.69) is 10.6 Å². The van der Waals surface area contributed by atoms with E-state index in [-0.39, 0.29) is 11.9 Å². The summed E-state index contributed by atoms with van der Waals surface area (Å²) in [5.41, 5.74) is 0. The summed E-state index contributed by atoms with van der Waals surface area (Å²) in [5, 5.41) is 6.22. The zero-order valence-electron chi connectivity index (χ0n) is 10.8. The average molecular weight is 260 g/mol. The lowest BCUT2D eigenvalue weighted by molar-refractivity contribution is -0.121. The minimum atomic E-state index is -0.843. The van der Waals surface area contributed by atoms with Crippen LogP contribution in [0.15, 0.2) is 0 Å². The number of carbonyl (C=O) groups excluding carboxylic acids is 1. The molecule has 17 heavy (non-hydrogen) atoms. The van der Waals surface area contributed by atoms with Crippen LogP contribution in [-0.2, 0) is 15.6 Å². The van der Waals surface area contributed by atoms with Crippen molar-refractivity contribution in [1.29, 1.82) is 0 Å². The van der Waals surface area contributed by atoms with Crippen LogP contribution >= 0.6 is 0 Å². The maximum atomic E-state index is 11.7. The molecule has 2 unspecified atom stereocenters. The van der Waals surface area contributed by atoms with Gasteiger partial charge in [0.25, 0.3) is 0 Å². The molecular weight excluding hydrogens is 236 g/mol. The minimum Gasteiger partial charge on any atom is -0.353 e. The maximum absolute atomic E-state index is 11.7. The van der Waals surface area contributed by atoms with E-state index >= 15 is 0 Å². The highest BCUT2D eigenvalue weighted by Crippen LogP contribution is 2.17. The van der Waals surface area contributed by atoms with E-state index < -0.39 is 10.8 Å². The predicted molar refractivity (Wildman–Crippen MR) is 71.4 cm³/mol. The van der Waals surface area contributed by atoms with Crippen molar-refractivity contribution in [3.8, 4) is 0 Å². The number of carbonyl (C=O) groups is 1. The molecule has 5 heteroatoms. The molecule has 1 saturated heterocycles. The molecule has 0 aromatic rings. The first-order chi connectivity index (χ1) is 8.08. The van der Waals surface area contributed by atoms with E-state index in [0.717, 1.165) is 19.5 Å². The average Bonchev–Trinajstić information content (AvgIpc) is 2.26. The molecule has 0 radical (unpaired) electrons. The summed E-state index contributed by atoms with van der Waals surface area (Å²) in [5.74, 6) is 1.33. The number of piperidine rings is 1. The zero-order chi connectivity index (χ0) is 12.7. The summed E-state index contributed by atoms with van der Waals surface area (Å²) < 4.78 is 11.0. The maximum Gasteiger partial charge on any atom is 0.220 e. The van der Waals surface area contributed by atoms with Crippen molar-refractivity contribution in [2.45, 2.75) is 38.6 Å². The monoisotopic (exact) mass is 260 g/mol. The molecule has 1 aliphatic heterocycles. The SMILES string of the molecule is CC(CS(C)=O)NC(=O)CCC1CCNCC1. The van der Waals surface area contributed by atoms with Gasteiger partial charge in [-0.2, -0.15) is 0 Å². The van der Waals surface area contributed by atoms with Crippen LogP contribution in [-0.4, -0.2) is 41.3 Å². The van der Waals surface area contributed by atoms with Gasteiger partial charge in [-0.3, -0.25) is 9.00 Å². The fourth-order valence-corrected chi connectivity index (χ4v) is 3.03. The van der Waals surface area contributed by atoms with Crippen molar-refractivity contribution in [3.63, 3.8) is 0 Å². The van der Waals surface area contributed by atoms with E-state index in [0.29, 0.717) is 18.1 Å². The van der Waals surface area contributed by atoms with Gasteiger partial charge in [-0.1, -0.05) is 0 Å². The molecule has 0 spiro atoms. The molecule has 0 aliphatic carbocycles. The van der Waals surface area contributed by atoms with Gasteiger partial charge in [0.2, 0.25) is 5.91 Å². The number of amides is 1. The summed E-state index contributed by atoms with van der Waals surface area (Å²) >= 11 is 0. The molecule has 1 rings (SSSR count). The highest BCUT2D eigenvalue weighted by Gasteiger charge is 2.15. The van der Waals surface area contributed by atoms with Crippen LogP contribution in [0.2, 0.25) is 0 Å². The van der Waals surface area contributed by atoms with E-state index in [9.17, 15) is 9.00 Å². The molecule has 1 heterocycles. The molecule has 100 valence electrons. The van der Waals surface area contributed by atoms with Gasteiger partial charge in [0, 0.05) is 35.3 Å². The Kier molecular flexibility index (Phi) is 6.73. The van der Waals surface area contributed by atoms with Crippen LogP contribution in [0, 0.1) is 5.92 Å². The Hall–Kier alpha value is -0.420. The highest BCUT2D eigenvalue weighted by molar-refractivity contribution is 7.84. The molecule has 0 aromatic heterocycles. The van der Waals surface area contributed by atoms with Crippen molar-refractivity contribution in [2.24, 2.45) is 5.92 Å². The van der Waals surface area contributed by atoms with E-state index in [4.69, 9.17) is 0 Å². The Morgan fingerprint density at radius 3 is 2.71 bits per heavy atom. The number of rotatable bonds is 6. The van der Waals surface area contributed by atoms with Gasteiger partial charge in [-0.25, -0.2) is 0 Å². The van der Waals surface area contributed by atoms with Gasteiger partial charge in [0.15, 0.2) is 0 Å². The molecule has 1 fully saturated rings. The van der Waals surface area contributed by atoms with Crippen molar-refractivity contribution in [2.75, 3.05) is 25.1 Å². The second kappa shape index (κ2) is 7.82. The Labute approximate surface area is 106 Å². The molecule has 0 aromatic carbocycles. The summed E-state index contributed by atoms with van der Waals surface area (Å²) in [4.78, 5) is 11.7. The first kappa shape index (κ1) is 14.6. The Morgan fingerprint density at radius 1 is 1.47 bits per heavy atom. The third kappa shape index (κ3) is 6.78. The second-order valence-electron chi connectivity index (χ2n) is 4.94. The van der Waals surface area contributed by atoms with Crippen LogP contribution in [0.5, 0.6) is 0 Å². The van der Waals surface area contributed by atoms with Gasteiger partial charge in [-0.05, 0) is 45.2 Å². The molecule has 1 aliphatic rings. The lowest BCUT2D eigenvalue weighted by atomic mass is 9.93. The number of hydrogen-bond acceptors (Lipinski definition) is 3. The Morgan fingerprint density at radius 2 is 2.12 bits per heavy atom. The van der Waals surface area contributed by atoms with E-state index in [1.165, 1.54) is 12.8 Å². The summed E-state index contributed by atoms with van der Waals surface area (Å²) in [6.07, 6.45) is 5.61. The number of nitrogens with one attached hydrogen (secondary N) is 2. The summed E-state index contributed by atoms with van der Waals surface area (Å²) in [7, 11) is -0.843. The van der Waals surface area contributed by atoms with Crippen molar-refractivity contribution in [3.05, 3.63) is 0 Å². The molecule has 2 atom stereocenters. The van der Waals surface area contributed by atoms with Gasteiger partial charge < -0.3 is 10.6 Å². The fourth-order valence-electron chi connectivity index (χ4n) is 2.25. The van der Waals surface area contributed by atoms with Gasteiger partial charge in [0.05, 0.1) is 0 Å². The first-order valence-corrected chi connectivity index (χ1v) is 8.10. The van der Waals surface area contributed by atoms with Gasteiger partial charge in [0.1, 0.15) is 0 Å². The Balaban J connectivity index is 2.13. The van der Waals surface area contributed by atoms with Crippen molar-refractivity contribution in [1.82, 2.24) is 10.6 Å². The summed E-state index contributed by atoms with van der Waals surface area (Å²) in [6, 6.07) is 0.0151. The highest BCUT2D eigenvalue weighted by atomic mass is 32.2. The molecule has 4 nitrogen and oxygen atoms in total. The van der Waals surface area contributed by atoms with E-state index in [1.807, 2.05) is 6.92 Å². The fraction of sp³-hybridized carbons (Fsp3) is 0.917. The lowest BCUT2D eigenvalue weighted by Crippen LogP contribution is -2.36. The largest absolute Gasteiger partial charge is 0.353 e. The van der Waals surface area contributed by atoms with Crippen LogP contribution in [0.4, 0.5) is 0 Å². The molecule has 1 amide bonds. The molecule has 0 saturated carbocycles. The molecule has 0 bridgehead atoms.